The maximum Gasteiger partial charge on any atom is 0.261 e. The predicted molar refractivity (Wildman–Crippen MR) is 64.5 cm³/mol. The van der Waals surface area contributed by atoms with Crippen LogP contribution in [0.4, 0.5) is 8.78 Å². The maximum absolute atomic E-state index is 11.8. The minimum Gasteiger partial charge on any atom is -0.375 e. The van der Waals surface area contributed by atoms with Crippen molar-refractivity contribution in [2.24, 2.45) is 5.92 Å². The molecule has 0 aliphatic carbocycles. The molecule has 0 radical (unpaired) electrons. The van der Waals surface area contributed by atoms with Crippen LogP contribution in [0.2, 0.25) is 0 Å². The molecule has 1 rings (SSSR count). The highest BCUT2D eigenvalue weighted by Crippen LogP contribution is 2.19. The van der Waals surface area contributed by atoms with Gasteiger partial charge in [-0.25, -0.2) is 8.78 Å². The van der Waals surface area contributed by atoms with Crippen LogP contribution in [0.15, 0.2) is 0 Å². The molecule has 0 unspecified atom stereocenters. The molecule has 0 aromatic rings. The Morgan fingerprint density at radius 2 is 2.06 bits per heavy atom. The number of carbonyl (C=O) groups is 1. The molecule has 6 heteroatoms. The fourth-order valence-electron chi connectivity index (χ4n) is 1.83. The number of nitrogens with zero attached hydrogens (tertiary/aromatic N) is 1. The fourth-order valence-corrected chi connectivity index (χ4v) is 2.47. The van der Waals surface area contributed by atoms with Gasteiger partial charge in [-0.2, -0.15) is 0 Å². The summed E-state index contributed by atoms with van der Waals surface area (Å²) in [5, 5.41) is 0.979. The third kappa shape index (κ3) is 5.77. The van der Waals surface area contributed by atoms with Crippen LogP contribution in [0.5, 0.6) is 0 Å². The Balaban J connectivity index is 2.12. The second kappa shape index (κ2) is 7.97. The first-order valence-electron chi connectivity index (χ1n) is 5.83. The smallest absolute Gasteiger partial charge is 0.261 e. The van der Waals surface area contributed by atoms with E-state index in [0.29, 0.717) is 5.92 Å². The molecule has 100 valence electrons. The fraction of sp³-hybridized carbons (Fsp3) is 0.909. The van der Waals surface area contributed by atoms with Crippen LogP contribution in [0, 0.1) is 5.92 Å². The van der Waals surface area contributed by atoms with Gasteiger partial charge >= 0.3 is 0 Å². The van der Waals surface area contributed by atoms with E-state index in [0.717, 1.165) is 31.3 Å². The molecule has 3 nitrogen and oxygen atoms in total. The van der Waals surface area contributed by atoms with Crippen LogP contribution in [0.3, 0.4) is 0 Å². The number of halogens is 3. The molecule has 0 spiro atoms. The van der Waals surface area contributed by atoms with E-state index in [2.05, 4.69) is 15.9 Å². The first-order chi connectivity index (χ1) is 8.13. The average molecular weight is 314 g/mol. The van der Waals surface area contributed by atoms with Crippen LogP contribution in [0.1, 0.15) is 19.3 Å². The second-order valence-electron chi connectivity index (χ2n) is 4.19. The van der Waals surface area contributed by atoms with Crippen molar-refractivity contribution < 1.29 is 18.3 Å². The molecule has 1 aliphatic heterocycles. The lowest BCUT2D eigenvalue weighted by Gasteiger charge is -2.31. The lowest BCUT2D eigenvalue weighted by atomic mass is 9.99. The van der Waals surface area contributed by atoms with Crippen molar-refractivity contribution in [1.29, 1.82) is 0 Å². The first-order valence-corrected chi connectivity index (χ1v) is 6.95. The number of rotatable bonds is 6. The quantitative estimate of drug-likeness (QED) is 0.556. The van der Waals surface area contributed by atoms with Crippen molar-refractivity contribution >= 4 is 21.8 Å². The Labute approximate surface area is 109 Å². The summed E-state index contributed by atoms with van der Waals surface area (Å²) in [6, 6.07) is 0. The third-order valence-electron chi connectivity index (χ3n) is 2.89. The van der Waals surface area contributed by atoms with E-state index >= 15 is 0 Å². The number of hydrogen-bond acceptors (Lipinski definition) is 2. The van der Waals surface area contributed by atoms with E-state index in [-0.39, 0.29) is 18.9 Å². The van der Waals surface area contributed by atoms with Crippen LogP contribution in [-0.2, 0) is 9.53 Å². The monoisotopic (exact) mass is 313 g/mol. The van der Waals surface area contributed by atoms with E-state index in [9.17, 15) is 13.6 Å². The Morgan fingerprint density at radius 1 is 1.41 bits per heavy atom. The van der Waals surface area contributed by atoms with E-state index in [1.807, 2.05) is 0 Å². The molecule has 0 saturated carbocycles. The zero-order valence-corrected chi connectivity index (χ0v) is 11.3. The summed E-state index contributed by atoms with van der Waals surface area (Å²) >= 11 is 3.44. The van der Waals surface area contributed by atoms with E-state index in [1.54, 1.807) is 4.90 Å². The summed E-state index contributed by atoms with van der Waals surface area (Å²) in [4.78, 5) is 13.5. The Kier molecular flexibility index (Phi) is 6.96. The first kappa shape index (κ1) is 14.8. The summed E-state index contributed by atoms with van der Waals surface area (Å²) in [6.07, 6.45) is -0.241. The van der Waals surface area contributed by atoms with Gasteiger partial charge in [0.05, 0.1) is 13.0 Å². The highest BCUT2D eigenvalue weighted by atomic mass is 79.9. The molecule has 17 heavy (non-hydrogen) atoms. The molecule has 1 heterocycles. The molecular formula is C11H18BrF2NO2. The maximum atomic E-state index is 11.8. The minimum atomic E-state index is -2.46. The number of piperidine rings is 1. The molecule has 1 fully saturated rings. The van der Waals surface area contributed by atoms with Crippen molar-refractivity contribution in [2.45, 2.75) is 25.7 Å². The molecule has 0 bridgehead atoms. The molecular weight excluding hydrogens is 296 g/mol. The summed E-state index contributed by atoms with van der Waals surface area (Å²) in [5.74, 6) is 0.654. The summed E-state index contributed by atoms with van der Waals surface area (Å²) in [5.41, 5.74) is 0. The Bertz CT molecular complexity index is 234. The molecule has 1 saturated heterocycles. The van der Waals surface area contributed by atoms with E-state index < -0.39 is 13.0 Å². The largest absolute Gasteiger partial charge is 0.375 e. The minimum absolute atomic E-state index is 0.00675. The van der Waals surface area contributed by atoms with Crippen LogP contribution in [-0.4, -0.2) is 48.9 Å². The number of alkyl halides is 3. The van der Waals surface area contributed by atoms with Crippen LogP contribution < -0.4 is 0 Å². The highest BCUT2D eigenvalue weighted by molar-refractivity contribution is 9.09. The summed E-state index contributed by atoms with van der Waals surface area (Å²) in [7, 11) is 0. The lowest BCUT2D eigenvalue weighted by Crippen LogP contribution is -2.39. The van der Waals surface area contributed by atoms with Gasteiger partial charge in [0.25, 0.3) is 6.43 Å². The van der Waals surface area contributed by atoms with Gasteiger partial charge < -0.3 is 9.64 Å². The SMILES string of the molecule is O=C(CCOCC(F)F)N1CCC(CBr)CC1. The number of amides is 1. The molecule has 0 aromatic carbocycles. The van der Waals surface area contributed by atoms with Gasteiger partial charge in [0.2, 0.25) is 5.91 Å². The van der Waals surface area contributed by atoms with Crippen molar-refractivity contribution in [3.05, 3.63) is 0 Å². The zero-order valence-electron chi connectivity index (χ0n) is 9.71. The van der Waals surface area contributed by atoms with E-state index in [1.165, 1.54) is 0 Å². The highest BCUT2D eigenvalue weighted by Gasteiger charge is 2.21. The second-order valence-corrected chi connectivity index (χ2v) is 4.84. The van der Waals surface area contributed by atoms with Gasteiger partial charge in [-0.1, -0.05) is 15.9 Å². The molecule has 1 amide bonds. The van der Waals surface area contributed by atoms with Crippen molar-refractivity contribution in [3.63, 3.8) is 0 Å². The van der Waals surface area contributed by atoms with Crippen molar-refractivity contribution in [1.82, 2.24) is 4.90 Å². The lowest BCUT2D eigenvalue weighted by molar-refractivity contribution is -0.134. The summed E-state index contributed by atoms with van der Waals surface area (Å²) in [6.45, 7) is 1.04. The van der Waals surface area contributed by atoms with Gasteiger partial charge in [-0.3, -0.25) is 4.79 Å². The number of carbonyl (C=O) groups excluding carboxylic acids is 1. The van der Waals surface area contributed by atoms with Crippen LogP contribution >= 0.6 is 15.9 Å². The topological polar surface area (TPSA) is 29.5 Å². The number of likely N-dealkylation sites (tertiary alicyclic amines) is 1. The molecule has 0 aromatic heterocycles. The predicted octanol–water partition coefficient (Wildman–Crippen LogP) is 2.29. The molecule has 1 aliphatic rings. The van der Waals surface area contributed by atoms with Crippen LogP contribution in [0.25, 0.3) is 0 Å². The zero-order chi connectivity index (χ0) is 12.7. The Morgan fingerprint density at radius 3 is 2.59 bits per heavy atom. The number of ether oxygens (including phenoxy) is 1. The molecule has 0 N–H and O–H groups in total. The van der Waals surface area contributed by atoms with E-state index in [4.69, 9.17) is 4.74 Å². The summed E-state index contributed by atoms with van der Waals surface area (Å²) < 4.78 is 28.2. The van der Waals surface area contributed by atoms with Gasteiger partial charge in [-0.15, -0.1) is 0 Å². The number of hydrogen-bond donors (Lipinski definition) is 0. The standard InChI is InChI=1S/C11H18BrF2NO2/c12-7-9-1-4-15(5-2-9)11(16)3-6-17-8-10(13)14/h9-10H,1-8H2. The van der Waals surface area contributed by atoms with Crippen molar-refractivity contribution in [2.75, 3.05) is 31.6 Å². The molecule has 0 atom stereocenters. The normalized spacial score (nSPS) is 17.8. The Hall–Kier alpha value is -0.230. The van der Waals surface area contributed by atoms with Gasteiger partial charge in [0.1, 0.15) is 6.61 Å². The van der Waals surface area contributed by atoms with Gasteiger partial charge in [-0.05, 0) is 18.8 Å². The van der Waals surface area contributed by atoms with Gasteiger partial charge in [0.15, 0.2) is 0 Å². The third-order valence-corrected chi connectivity index (χ3v) is 3.81. The van der Waals surface area contributed by atoms with Crippen molar-refractivity contribution in [3.8, 4) is 0 Å². The van der Waals surface area contributed by atoms with Gasteiger partial charge in [0, 0.05) is 18.4 Å². The average Bonchev–Trinajstić information content (AvgIpc) is 2.34.